The number of nitrogens with zero attached hydrogens (tertiary/aromatic N) is 1. The lowest BCUT2D eigenvalue weighted by Crippen LogP contribution is -2.40. The van der Waals surface area contributed by atoms with Gasteiger partial charge in [0.25, 0.3) is 0 Å². The van der Waals surface area contributed by atoms with Crippen molar-refractivity contribution in [3.8, 4) is 0 Å². The van der Waals surface area contributed by atoms with Gasteiger partial charge in [0.1, 0.15) is 5.82 Å². The molecule has 0 radical (unpaired) electrons. The van der Waals surface area contributed by atoms with Crippen LogP contribution in [0.1, 0.15) is 56.9 Å². The minimum absolute atomic E-state index is 0.202. The second-order valence-electron chi connectivity index (χ2n) is 7.74. The molecule has 3 nitrogen and oxygen atoms in total. The number of nitrogens with one attached hydrogen (secondary N) is 1. The van der Waals surface area contributed by atoms with Gasteiger partial charge in [-0.25, -0.2) is 4.39 Å². The van der Waals surface area contributed by atoms with Crippen LogP contribution in [0.3, 0.4) is 0 Å². The highest BCUT2D eigenvalue weighted by Gasteiger charge is 2.33. The number of hydrogen-bond acceptors (Lipinski definition) is 2. The number of benzene rings is 1. The second-order valence-corrected chi connectivity index (χ2v) is 7.74. The average molecular weight is 340 g/mol. The molecule has 0 spiro atoms. The number of carbonyl (C=O) groups is 1. The Kier molecular flexibility index (Phi) is 4.45. The fourth-order valence-electron chi connectivity index (χ4n) is 4.23. The maximum absolute atomic E-state index is 13.7. The molecule has 2 aliphatic rings. The Bertz CT molecular complexity index is 779. The molecule has 2 fully saturated rings. The molecule has 1 aromatic heterocycles. The number of halogens is 1. The van der Waals surface area contributed by atoms with Crippen LogP contribution < -0.4 is 5.32 Å². The third-order valence-electron chi connectivity index (χ3n) is 5.97. The Balaban J connectivity index is 1.43. The first-order chi connectivity index (χ1) is 12.1. The number of pyridine rings is 1. The zero-order valence-corrected chi connectivity index (χ0v) is 14.7. The number of rotatable bonds is 4. The molecule has 4 heteroatoms. The van der Waals surface area contributed by atoms with E-state index >= 15 is 0 Å². The summed E-state index contributed by atoms with van der Waals surface area (Å²) in [5, 5.41) is 4.15. The number of aromatic nitrogens is 1. The molecule has 1 heterocycles. The molecule has 0 bridgehead atoms. The Hall–Kier alpha value is -1.97. The smallest absolute Gasteiger partial charge is 0.223 e. The molecule has 2 aromatic rings. The maximum Gasteiger partial charge on any atom is 0.223 e. The van der Waals surface area contributed by atoms with Gasteiger partial charge in [0.15, 0.2) is 0 Å². The first kappa shape index (κ1) is 16.5. The van der Waals surface area contributed by atoms with Crippen molar-refractivity contribution < 1.29 is 9.18 Å². The standard InChI is InChI=1S/C21H25FN2O/c1-13(24-21(25)16-6-7-16)14-2-4-15(5-3-14)18-10-11-23-20-9-8-17(22)12-19(18)20/h8-16H,2-7H2,1H3,(H,24,25). The third-order valence-corrected chi connectivity index (χ3v) is 5.97. The highest BCUT2D eigenvalue weighted by Crippen LogP contribution is 2.39. The summed E-state index contributed by atoms with van der Waals surface area (Å²) < 4.78 is 13.7. The van der Waals surface area contributed by atoms with Gasteiger partial charge in [0.05, 0.1) is 5.52 Å². The molecule has 0 aliphatic heterocycles. The van der Waals surface area contributed by atoms with Crippen LogP contribution in [-0.2, 0) is 4.79 Å². The average Bonchev–Trinajstić information content (AvgIpc) is 3.46. The molecule has 1 N–H and O–H groups in total. The second kappa shape index (κ2) is 6.74. The largest absolute Gasteiger partial charge is 0.353 e. The van der Waals surface area contributed by atoms with Crippen LogP contribution in [-0.4, -0.2) is 16.9 Å². The summed E-state index contributed by atoms with van der Waals surface area (Å²) in [5.41, 5.74) is 2.09. The van der Waals surface area contributed by atoms with E-state index in [-0.39, 0.29) is 23.7 Å². The van der Waals surface area contributed by atoms with Crippen LogP contribution in [0.4, 0.5) is 4.39 Å². The summed E-state index contributed by atoms with van der Waals surface area (Å²) in [6, 6.07) is 7.14. The lowest BCUT2D eigenvalue weighted by Gasteiger charge is -2.33. The zero-order valence-electron chi connectivity index (χ0n) is 14.7. The molecule has 2 aliphatic carbocycles. The minimum atomic E-state index is -0.202. The number of fused-ring (bicyclic) bond motifs is 1. The van der Waals surface area contributed by atoms with Crippen LogP contribution in [0.5, 0.6) is 0 Å². The molecule has 1 atom stereocenters. The van der Waals surface area contributed by atoms with Gasteiger partial charge in [-0.05, 0) is 87.1 Å². The summed E-state index contributed by atoms with van der Waals surface area (Å²) in [7, 11) is 0. The van der Waals surface area contributed by atoms with E-state index in [1.54, 1.807) is 12.1 Å². The minimum Gasteiger partial charge on any atom is -0.353 e. The molecule has 0 saturated heterocycles. The fourth-order valence-corrected chi connectivity index (χ4v) is 4.23. The quantitative estimate of drug-likeness (QED) is 0.886. The molecule has 2 saturated carbocycles. The summed E-state index contributed by atoms with van der Waals surface area (Å²) >= 11 is 0. The summed E-state index contributed by atoms with van der Waals surface area (Å²) in [5.74, 6) is 1.31. The SMILES string of the molecule is CC(NC(=O)C1CC1)C1CCC(c2ccnc3ccc(F)cc23)CC1. The number of carbonyl (C=O) groups excluding carboxylic acids is 1. The predicted octanol–water partition coefficient (Wildman–Crippen LogP) is 4.56. The van der Waals surface area contributed by atoms with Gasteiger partial charge in [0, 0.05) is 23.5 Å². The van der Waals surface area contributed by atoms with Gasteiger partial charge in [-0.15, -0.1) is 0 Å². The maximum atomic E-state index is 13.7. The van der Waals surface area contributed by atoms with E-state index in [0.29, 0.717) is 11.8 Å². The fraction of sp³-hybridized carbons (Fsp3) is 0.524. The normalized spacial score (nSPS) is 24.9. The first-order valence-corrected chi connectivity index (χ1v) is 9.46. The topological polar surface area (TPSA) is 42.0 Å². The van der Waals surface area contributed by atoms with E-state index in [1.165, 1.54) is 11.6 Å². The first-order valence-electron chi connectivity index (χ1n) is 9.46. The lowest BCUT2D eigenvalue weighted by molar-refractivity contribution is -0.123. The van der Waals surface area contributed by atoms with Crippen LogP contribution >= 0.6 is 0 Å². The molecule has 132 valence electrons. The van der Waals surface area contributed by atoms with E-state index in [0.717, 1.165) is 49.4 Å². The highest BCUT2D eigenvalue weighted by atomic mass is 19.1. The van der Waals surface area contributed by atoms with Crippen molar-refractivity contribution in [2.75, 3.05) is 0 Å². The molecular weight excluding hydrogens is 315 g/mol. The number of amides is 1. The van der Waals surface area contributed by atoms with Gasteiger partial charge >= 0.3 is 0 Å². The molecule has 1 amide bonds. The van der Waals surface area contributed by atoms with Crippen molar-refractivity contribution in [2.24, 2.45) is 11.8 Å². The van der Waals surface area contributed by atoms with Crippen molar-refractivity contribution in [1.29, 1.82) is 0 Å². The van der Waals surface area contributed by atoms with Gasteiger partial charge in [0.2, 0.25) is 5.91 Å². The zero-order chi connectivity index (χ0) is 17.4. The summed E-state index contributed by atoms with van der Waals surface area (Å²) in [4.78, 5) is 16.3. The van der Waals surface area contributed by atoms with Crippen LogP contribution in [0.25, 0.3) is 10.9 Å². The monoisotopic (exact) mass is 340 g/mol. The summed E-state index contributed by atoms with van der Waals surface area (Å²) in [6.07, 6.45) is 8.33. The van der Waals surface area contributed by atoms with Crippen molar-refractivity contribution >= 4 is 16.8 Å². The van der Waals surface area contributed by atoms with E-state index < -0.39 is 0 Å². The Morgan fingerprint density at radius 1 is 1.16 bits per heavy atom. The summed E-state index contributed by atoms with van der Waals surface area (Å²) in [6.45, 7) is 2.14. The predicted molar refractivity (Wildman–Crippen MR) is 96.7 cm³/mol. The van der Waals surface area contributed by atoms with Gasteiger partial charge in [-0.3, -0.25) is 9.78 Å². The molecule has 1 unspecified atom stereocenters. The lowest BCUT2D eigenvalue weighted by atomic mass is 9.75. The Morgan fingerprint density at radius 3 is 2.64 bits per heavy atom. The van der Waals surface area contributed by atoms with Crippen molar-refractivity contribution in [1.82, 2.24) is 10.3 Å². The Morgan fingerprint density at radius 2 is 1.92 bits per heavy atom. The van der Waals surface area contributed by atoms with E-state index in [4.69, 9.17) is 0 Å². The number of hydrogen-bond donors (Lipinski definition) is 1. The van der Waals surface area contributed by atoms with Gasteiger partial charge in [-0.2, -0.15) is 0 Å². The molecule has 25 heavy (non-hydrogen) atoms. The van der Waals surface area contributed by atoms with Gasteiger partial charge in [-0.1, -0.05) is 0 Å². The highest BCUT2D eigenvalue weighted by molar-refractivity contribution is 5.82. The third kappa shape index (κ3) is 3.53. The Labute approximate surface area is 148 Å². The van der Waals surface area contributed by atoms with E-state index in [9.17, 15) is 9.18 Å². The van der Waals surface area contributed by atoms with Crippen molar-refractivity contribution in [2.45, 2.75) is 57.4 Å². The van der Waals surface area contributed by atoms with E-state index in [1.807, 2.05) is 12.3 Å². The van der Waals surface area contributed by atoms with Crippen LogP contribution in [0.2, 0.25) is 0 Å². The molecule has 4 rings (SSSR count). The van der Waals surface area contributed by atoms with Gasteiger partial charge < -0.3 is 5.32 Å². The van der Waals surface area contributed by atoms with Crippen LogP contribution in [0, 0.1) is 17.7 Å². The molecule has 1 aromatic carbocycles. The van der Waals surface area contributed by atoms with E-state index in [2.05, 4.69) is 17.2 Å². The van der Waals surface area contributed by atoms with Crippen molar-refractivity contribution in [3.05, 3.63) is 41.8 Å². The molecular formula is C21H25FN2O. The van der Waals surface area contributed by atoms with Crippen molar-refractivity contribution in [3.63, 3.8) is 0 Å². The van der Waals surface area contributed by atoms with Crippen LogP contribution in [0.15, 0.2) is 30.5 Å².